The Balaban J connectivity index is 1.84. The third-order valence-corrected chi connectivity index (χ3v) is 5.84. The van der Waals surface area contributed by atoms with Gasteiger partial charge in [-0.2, -0.15) is 0 Å². The monoisotopic (exact) mass is 436 g/mol. The Labute approximate surface area is 188 Å². The summed E-state index contributed by atoms with van der Waals surface area (Å²) in [4.78, 5) is 0. The van der Waals surface area contributed by atoms with Crippen molar-refractivity contribution in [2.24, 2.45) is 0 Å². The van der Waals surface area contributed by atoms with Crippen molar-refractivity contribution in [1.82, 2.24) is 0 Å². The molecule has 0 saturated carbocycles. The molecule has 6 nitrogen and oxygen atoms in total. The fourth-order valence-corrected chi connectivity index (χ4v) is 4.14. The minimum Gasteiger partial charge on any atom is -0.497 e. The minimum atomic E-state index is -0.994. The topological polar surface area (TPSA) is 77.4 Å². The first-order chi connectivity index (χ1) is 15.6. The van der Waals surface area contributed by atoms with Crippen molar-refractivity contribution < 1.29 is 29.2 Å². The van der Waals surface area contributed by atoms with Gasteiger partial charge < -0.3 is 29.2 Å². The Bertz CT molecular complexity index is 940. The molecule has 1 fully saturated rings. The van der Waals surface area contributed by atoms with Crippen LogP contribution in [0.25, 0.3) is 0 Å². The quantitative estimate of drug-likeness (QED) is 0.527. The lowest BCUT2D eigenvalue weighted by molar-refractivity contribution is -0.130. The maximum Gasteiger partial charge on any atom is 0.157 e. The predicted molar refractivity (Wildman–Crippen MR) is 120 cm³/mol. The Morgan fingerprint density at radius 2 is 1.28 bits per heavy atom. The molecular formula is C26H28O6. The second-order valence-electron chi connectivity index (χ2n) is 7.75. The van der Waals surface area contributed by atoms with Crippen LogP contribution in [-0.2, 0) is 15.1 Å². The van der Waals surface area contributed by atoms with Crippen LogP contribution in [0.1, 0.15) is 23.1 Å². The van der Waals surface area contributed by atoms with E-state index in [1.54, 1.807) is 14.2 Å². The molecule has 3 atom stereocenters. The van der Waals surface area contributed by atoms with Crippen LogP contribution in [-0.4, -0.2) is 49.5 Å². The smallest absolute Gasteiger partial charge is 0.157 e. The highest BCUT2D eigenvalue weighted by Gasteiger charge is 2.41. The standard InChI is InChI=1S/C26H28O6/c1-29-21-12-8-19(9-13-21)26(18-6-4-3-5-7-18,20-10-14-22(30-2)15-11-20)31-17-24-23(27)16-25(28)32-24/h3-15,23-25,27-28H,16-17H2,1-2H3/t23-,24+,25-/m0/s1. The zero-order valence-electron chi connectivity index (χ0n) is 18.2. The average molecular weight is 437 g/mol. The van der Waals surface area contributed by atoms with Crippen LogP contribution in [0.4, 0.5) is 0 Å². The third kappa shape index (κ3) is 4.36. The van der Waals surface area contributed by atoms with E-state index >= 15 is 0 Å². The van der Waals surface area contributed by atoms with Crippen LogP contribution >= 0.6 is 0 Å². The van der Waals surface area contributed by atoms with Gasteiger partial charge in [-0.3, -0.25) is 0 Å². The second-order valence-corrected chi connectivity index (χ2v) is 7.75. The van der Waals surface area contributed by atoms with Gasteiger partial charge in [0.1, 0.15) is 23.2 Å². The molecule has 3 aromatic rings. The van der Waals surface area contributed by atoms with Gasteiger partial charge in [-0.1, -0.05) is 54.6 Å². The molecule has 0 unspecified atom stereocenters. The van der Waals surface area contributed by atoms with E-state index in [4.69, 9.17) is 18.9 Å². The fourth-order valence-electron chi connectivity index (χ4n) is 4.14. The normalized spacial score (nSPS) is 20.8. The molecule has 1 aliphatic heterocycles. The van der Waals surface area contributed by atoms with Gasteiger partial charge in [0.25, 0.3) is 0 Å². The number of hydrogen-bond acceptors (Lipinski definition) is 6. The van der Waals surface area contributed by atoms with Gasteiger partial charge in [-0.05, 0) is 41.0 Å². The Hall–Kier alpha value is -2.90. The Kier molecular flexibility index (Phi) is 6.77. The van der Waals surface area contributed by atoms with Crippen LogP contribution in [0.3, 0.4) is 0 Å². The molecule has 4 rings (SSSR count). The molecule has 0 bridgehead atoms. The molecule has 168 valence electrons. The van der Waals surface area contributed by atoms with Crippen LogP contribution in [0.15, 0.2) is 78.9 Å². The van der Waals surface area contributed by atoms with Gasteiger partial charge in [0, 0.05) is 6.42 Å². The average Bonchev–Trinajstić information content (AvgIpc) is 3.17. The summed E-state index contributed by atoms with van der Waals surface area (Å²) in [6.07, 6.45) is -2.27. The van der Waals surface area contributed by atoms with Crippen molar-refractivity contribution >= 4 is 0 Å². The highest BCUT2D eigenvalue weighted by atomic mass is 16.6. The van der Waals surface area contributed by atoms with E-state index in [9.17, 15) is 10.2 Å². The number of benzene rings is 3. The lowest BCUT2D eigenvalue weighted by Crippen LogP contribution is -2.38. The maximum absolute atomic E-state index is 10.3. The van der Waals surface area contributed by atoms with E-state index < -0.39 is 24.1 Å². The van der Waals surface area contributed by atoms with Crippen molar-refractivity contribution in [2.45, 2.75) is 30.5 Å². The van der Waals surface area contributed by atoms with E-state index in [0.29, 0.717) is 0 Å². The Morgan fingerprint density at radius 1 is 0.781 bits per heavy atom. The van der Waals surface area contributed by atoms with Gasteiger partial charge in [0.05, 0.1) is 26.9 Å². The first-order valence-corrected chi connectivity index (χ1v) is 10.6. The molecule has 0 radical (unpaired) electrons. The lowest BCUT2D eigenvalue weighted by atomic mass is 9.80. The maximum atomic E-state index is 10.3. The van der Waals surface area contributed by atoms with Gasteiger partial charge in [0.2, 0.25) is 0 Å². The number of aliphatic hydroxyl groups is 2. The molecule has 2 N–H and O–H groups in total. The Morgan fingerprint density at radius 3 is 1.72 bits per heavy atom. The van der Waals surface area contributed by atoms with Gasteiger partial charge in [0.15, 0.2) is 6.29 Å². The van der Waals surface area contributed by atoms with E-state index in [0.717, 1.165) is 28.2 Å². The molecule has 0 aromatic heterocycles. The lowest BCUT2D eigenvalue weighted by Gasteiger charge is -2.37. The van der Waals surface area contributed by atoms with Crippen LogP contribution in [0.5, 0.6) is 11.5 Å². The van der Waals surface area contributed by atoms with Crippen LogP contribution < -0.4 is 9.47 Å². The SMILES string of the molecule is COc1ccc(C(OC[C@H]2O[C@H](O)C[C@@H]2O)(c2ccccc2)c2ccc(OC)cc2)cc1. The molecule has 1 heterocycles. The van der Waals surface area contributed by atoms with Crippen molar-refractivity contribution in [3.05, 3.63) is 95.6 Å². The molecule has 32 heavy (non-hydrogen) atoms. The molecule has 0 amide bonds. The van der Waals surface area contributed by atoms with E-state index in [1.807, 2.05) is 78.9 Å². The summed E-state index contributed by atoms with van der Waals surface area (Å²) in [5.41, 5.74) is 1.71. The first kappa shape index (κ1) is 22.3. The van der Waals surface area contributed by atoms with Crippen molar-refractivity contribution in [2.75, 3.05) is 20.8 Å². The molecular weight excluding hydrogens is 408 g/mol. The molecule has 1 aliphatic rings. The molecule has 1 saturated heterocycles. The van der Waals surface area contributed by atoms with Gasteiger partial charge in [-0.25, -0.2) is 0 Å². The van der Waals surface area contributed by atoms with Gasteiger partial charge in [-0.15, -0.1) is 0 Å². The molecule has 3 aromatic carbocycles. The number of ether oxygens (including phenoxy) is 4. The summed E-state index contributed by atoms with van der Waals surface area (Å²) in [6.45, 7) is 0.0885. The minimum absolute atomic E-state index is 0.0885. The summed E-state index contributed by atoms with van der Waals surface area (Å²) < 4.78 is 22.9. The third-order valence-electron chi connectivity index (χ3n) is 5.84. The zero-order valence-corrected chi connectivity index (χ0v) is 18.2. The molecule has 6 heteroatoms. The summed E-state index contributed by atoms with van der Waals surface area (Å²) in [5.74, 6) is 1.48. The van der Waals surface area contributed by atoms with Crippen molar-refractivity contribution in [3.8, 4) is 11.5 Å². The van der Waals surface area contributed by atoms with Crippen molar-refractivity contribution in [3.63, 3.8) is 0 Å². The number of rotatable bonds is 8. The zero-order chi connectivity index (χ0) is 22.6. The summed E-state index contributed by atoms with van der Waals surface area (Å²) >= 11 is 0. The number of aliphatic hydroxyl groups excluding tert-OH is 2. The van der Waals surface area contributed by atoms with Crippen LogP contribution in [0.2, 0.25) is 0 Å². The van der Waals surface area contributed by atoms with E-state index in [-0.39, 0.29) is 13.0 Å². The summed E-state index contributed by atoms with van der Waals surface area (Å²) in [5, 5.41) is 20.1. The second kappa shape index (κ2) is 9.71. The number of methoxy groups -OCH3 is 2. The number of hydrogen-bond donors (Lipinski definition) is 2. The van der Waals surface area contributed by atoms with E-state index in [2.05, 4.69) is 0 Å². The first-order valence-electron chi connectivity index (χ1n) is 10.6. The fraction of sp³-hybridized carbons (Fsp3) is 0.308. The summed E-state index contributed by atoms with van der Waals surface area (Å²) in [6, 6.07) is 25.4. The molecule has 0 spiro atoms. The molecule has 0 aliphatic carbocycles. The highest BCUT2D eigenvalue weighted by Crippen LogP contribution is 2.42. The predicted octanol–water partition coefficient (Wildman–Crippen LogP) is 3.48. The van der Waals surface area contributed by atoms with Crippen LogP contribution in [0, 0.1) is 0 Å². The van der Waals surface area contributed by atoms with E-state index in [1.165, 1.54) is 0 Å². The van der Waals surface area contributed by atoms with Crippen molar-refractivity contribution in [1.29, 1.82) is 0 Å². The largest absolute Gasteiger partial charge is 0.497 e. The summed E-state index contributed by atoms with van der Waals surface area (Å²) in [7, 11) is 3.26. The van der Waals surface area contributed by atoms with Gasteiger partial charge >= 0.3 is 0 Å². The highest BCUT2D eigenvalue weighted by molar-refractivity contribution is 5.49.